The molecule has 0 radical (unpaired) electrons. The largest absolute Gasteiger partial charge is 0.369 e. The maximum atomic E-state index is 13.8. The first-order valence-corrected chi connectivity index (χ1v) is 7.27. The Labute approximate surface area is 119 Å². The van der Waals surface area contributed by atoms with E-state index in [-0.39, 0.29) is 11.7 Å². The first-order valence-electron chi connectivity index (χ1n) is 7.27. The Balaban J connectivity index is 2.16. The van der Waals surface area contributed by atoms with Crippen molar-refractivity contribution < 1.29 is 9.18 Å². The summed E-state index contributed by atoms with van der Waals surface area (Å²) in [5.41, 5.74) is 5.14. The molecular weight excluding hydrogens is 255 g/mol. The van der Waals surface area contributed by atoms with Gasteiger partial charge in [-0.3, -0.25) is 4.79 Å². The van der Waals surface area contributed by atoms with Crippen molar-refractivity contribution in [2.75, 3.05) is 5.32 Å². The van der Waals surface area contributed by atoms with Gasteiger partial charge in [-0.1, -0.05) is 26.0 Å². The van der Waals surface area contributed by atoms with Crippen molar-refractivity contribution in [3.63, 3.8) is 0 Å². The Morgan fingerprint density at radius 1 is 1.35 bits per heavy atom. The van der Waals surface area contributed by atoms with Crippen LogP contribution in [0.4, 0.5) is 10.1 Å². The second-order valence-electron chi connectivity index (χ2n) is 6.13. The molecule has 3 nitrogen and oxygen atoms in total. The van der Waals surface area contributed by atoms with Crippen LogP contribution in [0.25, 0.3) is 0 Å². The highest BCUT2D eigenvalue weighted by molar-refractivity contribution is 5.88. The fourth-order valence-electron chi connectivity index (χ4n) is 3.05. The van der Waals surface area contributed by atoms with Gasteiger partial charge in [0.25, 0.3) is 0 Å². The smallest absolute Gasteiger partial charge is 0.243 e. The molecule has 1 amide bonds. The van der Waals surface area contributed by atoms with Gasteiger partial charge in [0.2, 0.25) is 5.91 Å². The molecule has 1 saturated carbocycles. The number of primary amides is 1. The molecule has 0 heterocycles. The van der Waals surface area contributed by atoms with Crippen LogP contribution in [0.1, 0.15) is 39.5 Å². The second-order valence-corrected chi connectivity index (χ2v) is 6.13. The maximum Gasteiger partial charge on any atom is 0.243 e. The number of rotatable bonds is 4. The maximum absolute atomic E-state index is 13.8. The normalized spacial score (nSPS) is 26.5. The standard InChI is InChI=1S/C16H23FN2O/c1-11(2)12-7-9-16(10-8-12,15(18)20)19-14-6-4-3-5-13(14)17/h3-6,11-12,19H,7-10H2,1-2H3,(H2,18,20). The van der Waals surface area contributed by atoms with Crippen molar-refractivity contribution in [1.82, 2.24) is 0 Å². The lowest BCUT2D eigenvalue weighted by Crippen LogP contribution is -2.53. The van der Waals surface area contributed by atoms with Crippen LogP contribution in [0.5, 0.6) is 0 Å². The number of carbonyl (C=O) groups is 1. The summed E-state index contributed by atoms with van der Waals surface area (Å²) in [4.78, 5) is 11.9. The minimum absolute atomic E-state index is 0.348. The van der Waals surface area contributed by atoms with Gasteiger partial charge < -0.3 is 11.1 Å². The lowest BCUT2D eigenvalue weighted by molar-refractivity contribution is -0.123. The summed E-state index contributed by atoms with van der Waals surface area (Å²) in [6.45, 7) is 4.40. The van der Waals surface area contributed by atoms with Crippen LogP contribution >= 0.6 is 0 Å². The third kappa shape index (κ3) is 2.94. The SMILES string of the molecule is CC(C)C1CCC(Nc2ccccc2F)(C(N)=O)CC1. The van der Waals surface area contributed by atoms with Crippen LogP contribution in [0, 0.1) is 17.7 Å². The van der Waals surface area contributed by atoms with Gasteiger partial charge in [0.05, 0.1) is 5.69 Å². The predicted molar refractivity (Wildman–Crippen MR) is 78.7 cm³/mol. The number of anilines is 1. The van der Waals surface area contributed by atoms with E-state index in [1.54, 1.807) is 18.2 Å². The third-order valence-corrected chi connectivity index (χ3v) is 4.55. The van der Waals surface area contributed by atoms with Gasteiger partial charge >= 0.3 is 0 Å². The second kappa shape index (κ2) is 5.81. The number of halogens is 1. The van der Waals surface area contributed by atoms with Crippen LogP contribution in [-0.4, -0.2) is 11.4 Å². The molecule has 4 heteroatoms. The van der Waals surface area contributed by atoms with E-state index in [9.17, 15) is 9.18 Å². The summed E-state index contributed by atoms with van der Waals surface area (Å²) in [7, 11) is 0. The summed E-state index contributed by atoms with van der Waals surface area (Å²) in [5.74, 6) is 0.487. The minimum Gasteiger partial charge on any atom is -0.369 e. The van der Waals surface area contributed by atoms with Crippen molar-refractivity contribution in [2.45, 2.75) is 45.1 Å². The highest BCUT2D eigenvalue weighted by Gasteiger charge is 2.41. The molecule has 1 aromatic rings. The molecule has 0 bridgehead atoms. The number of para-hydroxylation sites is 1. The third-order valence-electron chi connectivity index (χ3n) is 4.55. The highest BCUT2D eigenvalue weighted by atomic mass is 19.1. The van der Waals surface area contributed by atoms with Gasteiger partial charge in [-0.15, -0.1) is 0 Å². The molecular formula is C16H23FN2O. The molecule has 0 aliphatic heterocycles. The molecule has 0 spiro atoms. The zero-order valence-corrected chi connectivity index (χ0v) is 12.2. The van der Waals surface area contributed by atoms with Gasteiger partial charge in [-0.2, -0.15) is 0 Å². The summed E-state index contributed by atoms with van der Waals surface area (Å²) in [6, 6.07) is 6.41. The van der Waals surface area contributed by atoms with Crippen molar-refractivity contribution in [2.24, 2.45) is 17.6 Å². The van der Waals surface area contributed by atoms with E-state index in [4.69, 9.17) is 5.73 Å². The number of amides is 1. The van der Waals surface area contributed by atoms with Gasteiger partial charge in [0.15, 0.2) is 0 Å². The number of carbonyl (C=O) groups excluding carboxylic acids is 1. The predicted octanol–water partition coefficient (Wildman–Crippen LogP) is 3.31. The van der Waals surface area contributed by atoms with Gasteiger partial charge in [-0.25, -0.2) is 4.39 Å². The topological polar surface area (TPSA) is 55.1 Å². The van der Waals surface area contributed by atoms with E-state index in [0.717, 1.165) is 12.8 Å². The summed E-state index contributed by atoms with van der Waals surface area (Å²) in [5, 5.41) is 3.07. The van der Waals surface area contributed by atoms with E-state index in [2.05, 4.69) is 19.2 Å². The molecule has 20 heavy (non-hydrogen) atoms. The summed E-state index contributed by atoms with van der Waals surface area (Å²) in [6.07, 6.45) is 3.23. The molecule has 1 aliphatic rings. The zero-order chi connectivity index (χ0) is 14.8. The molecule has 1 fully saturated rings. The van der Waals surface area contributed by atoms with E-state index >= 15 is 0 Å². The molecule has 1 aromatic carbocycles. The summed E-state index contributed by atoms with van der Waals surface area (Å²) < 4.78 is 13.8. The Bertz CT molecular complexity index is 479. The van der Waals surface area contributed by atoms with Crippen LogP contribution in [0.2, 0.25) is 0 Å². The molecule has 110 valence electrons. The lowest BCUT2D eigenvalue weighted by Gasteiger charge is -2.40. The van der Waals surface area contributed by atoms with Crippen molar-refractivity contribution in [3.8, 4) is 0 Å². The van der Waals surface area contributed by atoms with E-state index in [0.29, 0.717) is 30.4 Å². The number of nitrogens with two attached hydrogens (primary N) is 1. The molecule has 0 unspecified atom stereocenters. The Morgan fingerprint density at radius 2 is 1.95 bits per heavy atom. The van der Waals surface area contributed by atoms with Crippen LogP contribution in [-0.2, 0) is 4.79 Å². The number of hydrogen-bond acceptors (Lipinski definition) is 2. The summed E-state index contributed by atoms with van der Waals surface area (Å²) >= 11 is 0. The molecule has 0 saturated heterocycles. The Kier molecular flexibility index (Phi) is 4.31. The first kappa shape index (κ1) is 14.8. The fraction of sp³-hybridized carbons (Fsp3) is 0.562. The molecule has 0 atom stereocenters. The van der Waals surface area contributed by atoms with Crippen LogP contribution in [0.3, 0.4) is 0 Å². The van der Waals surface area contributed by atoms with Gasteiger partial charge in [0, 0.05) is 0 Å². The monoisotopic (exact) mass is 278 g/mol. The molecule has 0 aromatic heterocycles. The van der Waals surface area contributed by atoms with Gasteiger partial charge in [-0.05, 0) is 49.7 Å². The van der Waals surface area contributed by atoms with Gasteiger partial charge in [0.1, 0.15) is 11.4 Å². The first-order chi connectivity index (χ1) is 9.44. The van der Waals surface area contributed by atoms with E-state index in [1.165, 1.54) is 6.07 Å². The average molecular weight is 278 g/mol. The zero-order valence-electron chi connectivity index (χ0n) is 12.2. The van der Waals surface area contributed by atoms with E-state index < -0.39 is 5.54 Å². The Morgan fingerprint density at radius 3 is 2.45 bits per heavy atom. The van der Waals surface area contributed by atoms with Crippen LogP contribution in [0.15, 0.2) is 24.3 Å². The highest BCUT2D eigenvalue weighted by Crippen LogP contribution is 2.38. The van der Waals surface area contributed by atoms with Crippen molar-refractivity contribution in [3.05, 3.63) is 30.1 Å². The average Bonchev–Trinajstić information content (AvgIpc) is 2.42. The van der Waals surface area contributed by atoms with Crippen LogP contribution < -0.4 is 11.1 Å². The van der Waals surface area contributed by atoms with E-state index in [1.807, 2.05) is 0 Å². The Hall–Kier alpha value is -1.58. The number of nitrogens with one attached hydrogen (secondary N) is 1. The molecule has 1 aliphatic carbocycles. The number of benzene rings is 1. The lowest BCUT2D eigenvalue weighted by atomic mass is 9.72. The minimum atomic E-state index is -0.812. The molecule has 2 rings (SSSR count). The fourth-order valence-corrected chi connectivity index (χ4v) is 3.05. The molecule has 3 N–H and O–H groups in total. The van der Waals surface area contributed by atoms with Crippen molar-refractivity contribution in [1.29, 1.82) is 0 Å². The number of hydrogen-bond donors (Lipinski definition) is 2. The van der Waals surface area contributed by atoms with Crippen molar-refractivity contribution >= 4 is 11.6 Å². The quantitative estimate of drug-likeness (QED) is 0.887.